The topological polar surface area (TPSA) is 32.7 Å². The number of piperidine rings is 1. The standard InChI is InChI=1S/C13H24F3NO2/c1-11(2)3-9-19-10-8-17-6-4-12(18,5-7-17)13(14,15)16/h11,18H,3-10H2,1-2H3. The predicted molar refractivity (Wildman–Crippen MR) is 67.0 cm³/mol. The zero-order valence-corrected chi connectivity index (χ0v) is 11.7. The Labute approximate surface area is 112 Å². The molecule has 0 radical (unpaired) electrons. The maximum absolute atomic E-state index is 12.6. The van der Waals surface area contributed by atoms with E-state index in [1.54, 1.807) is 0 Å². The molecule has 0 amide bonds. The SMILES string of the molecule is CC(C)CCOCCN1CCC(O)(C(F)(F)F)CC1. The van der Waals surface area contributed by atoms with E-state index in [1.165, 1.54) is 0 Å². The molecule has 1 N–H and O–H groups in total. The van der Waals surface area contributed by atoms with Crippen molar-refractivity contribution in [2.24, 2.45) is 5.92 Å². The fourth-order valence-electron chi connectivity index (χ4n) is 2.04. The summed E-state index contributed by atoms with van der Waals surface area (Å²) in [6.07, 6.45) is -4.02. The number of hydrogen-bond donors (Lipinski definition) is 1. The minimum absolute atomic E-state index is 0.248. The number of hydrogen-bond acceptors (Lipinski definition) is 3. The summed E-state index contributed by atoms with van der Waals surface area (Å²) in [4.78, 5) is 1.91. The van der Waals surface area contributed by atoms with Crippen LogP contribution in [0.1, 0.15) is 33.1 Å². The molecule has 0 aromatic carbocycles. The van der Waals surface area contributed by atoms with Gasteiger partial charge in [-0.05, 0) is 25.2 Å². The first kappa shape index (κ1) is 16.7. The minimum atomic E-state index is -4.52. The number of aliphatic hydroxyl groups is 1. The third-order valence-electron chi connectivity index (χ3n) is 3.60. The van der Waals surface area contributed by atoms with Gasteiger partial charge in [0.05, 0.1) is 6.61 Å². The second-order valence-corrected chi connectivity index (χ2v) is 5.67. The van der Waals surface area contributed by atoms with Crippen LogP contribution in [0.15, 0.2) is 0 Å². The molecule has 1 aliphatic rings. The summed E-state index contributed by atoms with van der Waals surface area (Å²) in [6, 6.07) is 0. The van der Waals surface area contributed by atoms with Crippen LogP contribution in [0.5, 0.6) is 0 Å². The maximum atomic E-state index is 12.6. The molecule has 3 nitrogen and oxygen atoms in total. The molecule has 19 heavy (non-hydrogen) atoms. The number of rotatable bonds is 6. The highest BCUT2D eigenvalue weighted by atomic mass is 19.4. The first-order valence-corrected chi connectivity index (χ1v) is 6.84. The van der Waals surface area contributed by atoms with E-state index in [4.69, 9.17) is 4.74 Å². The number of likely N-dealkylation sites (tertiary alicyclic amines) is 1. The van der Waals surface area contributed by atoms with Crippen LogP contribution < -0.4 is 0 Å². The van der Waals surface area contributed by atoms with Gasteiger partial charge in [0.25, 0.3) is 0 Å². The summed E-state index contributed by atoms with van der Waals surface area (Å²) in [6.45, 7) is 6.63. The first-order valence-electron chi connectivity index (χ1n) is 6.84. The molecule has 0 spiro atoms. The number of halogens is 3. The van der Waals surface area contributed by atoms with Crippen molar-refractivity contribution in [3.05, 3.63) is 0 Å². The van der Waals surface area contributed by atoms with E-state index in [0.717, 1.165) is 6.42 Å². The Hall–Kier alpha value is -0.330. The summed E-state index contributed by atoms with van der Waals surface area (Å²) in [5.74, 6) is 0.594. The molecule has 1 heterocycles. The molecule has 114 valence electrons. The van der Waals surface area contributed by atoms with Crippen molar-refractivity contribution < 1.29 is 23.0 Å². The molecule has 6 heteroatoms. The Morgan fingerprint density at radius 1 is 1.21 bits per heavy atom. The largest absolute Gasteiger partial charge is 0.417 e. The maximum Gasteiger partial charge on any atom is 0.417 e. The Bertz CT molecular complexity index is 261. The van der Waals surface area contributed by atoms with Gasteiger partial charge in [0.1, 0.15) is 0 Å². The van der Waals surface area contributed by atoms with Gasteiger partial charge >= 0.3 is 6.18 Å². The summed E-state index contributed by atoms with van der Waals surface area (Å²) in [5, 5.41) is 9.51. The zero-order valence-electron chi connectivity index (χ0n) is 11.7. The van der Waals surface area contributed by atoms with Gasteiger partial charge in [-0.2, -0.15) is 13.2 Å². The van der Waals surface area contributed by atoms with Crippen LogP contribution in [0.3, 0.4) is 0 Å². The van der Waals surface area contributed by atoms with E-state index in [-0.39, 0.29) is 25.9 Å². The highest BCUT2D eigenvalue weighted by molar-refractivity contribution is 4.91. The van der Waals surface area contributed by atoms with E-state index >= 15 is 0 Å². The van der Waals surface area contributed by atoms with Crippen molar-refractivity contribution in [1.29, 1.82) is 0 Å². The van der Waals surface area contributed by atoms with Gasteiger partial charge in [0.2, 0.25) is 0 Å². The van der Waals surface area contributed by atoms with Gasteiger partial charge < -0.3 is 14.7 Å². The van der Waals surface area contributed by atoms with Crippen LogP contribution in [0, 0.1) is 5.92 Å². The lowest BCUT2D eigenvalue weighted by atomic mass is 9.91. The summed E-state index contributed by atoms with van der Waals surface area (Å²) >= 11 is 0. The molecule has 0 bridgehead atoms. The first-order chi connectivity index (χ1) is 8.74. The second-order valence-electron chi connectivity index (χ2n) is 5.67. The predicted octanol–water partition coefficient (Wildman–Crippen LogP) is 2.44. The lowest BCUT2D eigenvalue weighted by Gasteiger charge is -2.39. The second kappa shape index (κ2) is 6.90. The zero-order chi connectivity index (χ0) is 14.5. The van der Waals surface area contributed by atoms with Gasteiger partial charge in [-0.1, -0.05) is 13.8 Å². The normalized spacial score (nSPS) is 21.0. The highest BCUT2D eigenvalue weighted by Crippen LogP contribution is 2.38. The van der Waals surface area contributed by atoms with Crippen molar-refractivity contribution >= 4 is 0 Å². The van der Waals surface area contributed by atoms with E-state index in [9.17, 15) is 18.3 Å². The van der Waals surface area contributed by atoms with Gasteiger partial charge in [-0.3, -0.25) is 0 Å². The fourth-order valence-corrected chi connectivity index (χ4v) is 2.04. The average Bonchev–Trinajstić information content (AvgIpc) is 2.29. The van der Waals surface area contributed by atoms with Crippen LogP contribution in [-0.4, -0.2) is 54.6 Å². The molecular formula is C13H24F3NO2. The van der Waals surface area contributed by atoms with Gasteiger partial charge in [0.15, 0.2) is 5.60 Å². The Morgan fingerprint density at radius 3 is 2.26 bits per heavy atom. The molecule has 1 saturated heterocycles. The molecule has 0 aromatic heterocycles. The fraction of sp³-hybridized carbons (Fsp3) is 1.00. The monoisotopic (exact) mass is 283 g/mol. The number of nitrogens with zero attached hydrogens (tertiary/aromatic N) is 1. The molecule has 0 aromatic rings. The van der Waals surface area contributed by atoms with Crippen molar-refractivity contribution in [2.75, 3.05) is 32.8 Å². The molecule has 0 saturated carbocycles. The van der Waals surface area contributed by atoms with E-state index in [0.29, 0.717) is 25.7 Å². The Balaban J connectivity index is 2.17. The lowest BCUT2D eigenvalue weighted by molar-refractivity contribution is -0.272. The highest BCUT2D eigenvalue weighted by Gasteiger charge is 2.54. The van der Waals surface area contributed by atoms with Crippen molar-refractivity contribution in [3.8, 4) is 0 Å². The Kier molecular flexibility index (Phi) is 6.08. The van der Waals surface area contributed by atoms with Crippen LogP contribution in [0.25, 0.3) is 0 Å². The number of ether oxygens (including phenoxy) is 1. The molecule has 0 atom stereocenters. The molecule has 1 aliphatic heterocycles. The van der Waals surface area contributed by atoms with Gasteiger partial charge in [0, 0.05) is 26.2 Å². The van der Waals surface area contributed by atoms with Gasteiger partial charge in [-0.15, -0.1) is 0 Å². The summed E-state index contributed by atoms with van der Waals surface area (Å²) in [5.41, 5.74) is -2.50. The van der Waals surface area contributed by atoms with Crippen LogP contribution in [0.2, 0.25) is 0 Å². The van der Waals surface area contributed by atoms with E-state index in [2.05, 4.69) is 13.8 Å². The van der Waals surface area contributed by atoms with Crippen molar-refractivity contribution in [2.45, 2.75) is 44.9 Å². The quantitative estimate of drug-likeness (QED) is 0.760. The average molecular weight is 283 g/mol. The van der Waals surface area contributed by atoms with Crippen molar-refractivity contribution in [1.82, 2.24) is 4.90 Å². The summed E-state index contributed by atoms with van der Waals surface area (Å²) in [7, 11) is 0. The minimum Gasteiger partial charge on any atom is -0.380 e. The molecule has 1 rings (SSSR count). The molecular weight excluding hydrogens is 259 g/mol. The van der Waals surface area contributed by atoms with Gasteiger partial charge in [-0.25, -0.2) is 0 Å². The van der Waals surface area contributed by atoms with E-state index < -0.39 is 11.8 Å². The van der Waals surface area contributed by atoms with Crippen LogP contribution in [0.4, 0.5) is 13.2 Å². The van der Waals surface area contributed by atoms with Crippen LogP contribution >= 0.6 is 0 Å². The third kappa shape index (κ3) is 5.28. The lowest BCUT2D eigenvalue weighted by Crippen LogP contribution is -2.53. The van der Waals surface area contributed by atoms with E-state index in [1.807, 2.05) is 4.90 Å². The summed E-state index contributed by atoms with van der Waals surface area (Å²) < 4.78 is 43.2. The van der Waals surface area contributed by atoms with Crippen molar-refractivity contribution in [3.63, 3.8) is 0 Å². The molecule has 1 fully saturated rings. The molecule has 0 unspecified atom stereocenters. The number of alkyl halides is 3. The smallest absolute Gasteiger partial charge is 0.380 e. The Morgan fingerprint density at radius 2 is 1.79 bits per heavy atom. The van der Waals surface area contributed by atoms with Crippen LogP contribution in [-0.2, 0) is 4.74 Å². The molecule has 0 aliphatic carbocycles. The third-order valence-corrected chi connectivity index (χ3v) is 3.60.